The van der Waals surface area contributed by atoms with Gasteiger partial charge in [0, 0.05) is 31.7 Å². The molecule has 1 N–H and O–H groups in total. The van der Waals surface area contributed by atoms with Crippen LogP contribution in [-0.2, 0) is 6.54 Å². The van der Waals surface area contributed by atoms with E-state index in [0.29, 0.717) is 17.8 Å². The molecule has 1 heterocycles. The minimum absolute atomic E-state index is 0.239. The van der Waals surface area contributed by atoms with E-state index < -0.39 is 0 Å². The second kappa shape index (κ2) is 6.14. The zero-order valence-electron chi connectivity index (χ0n) is 11.4. The molecule has 1 aromatic carbocycles. The summed E-state index contributed by atoms with van der Waals surface area (Å²) in [6, 6.07) is 7.74. The van der Waals surface area contributed by atoms with Gasteiger partial charge in [0.15, 0.2) is 0 Å². The monoisotopic (exact) mass is 273 g/mol. The summed E-state index contributed by atoms with van der Waals surface area (Å²) in [6.45, 7) is 2.23. The number of hydrogen-bond donors (Lipinski definition) is 1. The van der Waals surface area contributed by atoms with Gasteiger partial charge < -0.3 is 10.2 Å². The molecule has 2 rings (SSSR count). The van der Waals surface area contributed by atoms with Gasteiger partial charge in [-0.2, -0.15) is 0 Å². The highest BCUT2D eigenvalue weighted by atomic mass is 19.1. The third-order valence-corrected chi connectivity index (χ3v) is 2.95. The Labute approximate surface area is 117 Å². The number of benzene rings is 1. The largest absolute Gasteiger partial charge is 0.323 e. The van der Waals surface area contributed by atoms with Gasteiger partial charge in [-0.15, -0.1) is 0 Å². The van der Waals surface area contributed by atoms with Crippen molar-refractivity contribution < 1.29 is 9.18 Å². The Hall–Kier alpha value is -2.43. The van der Waals surface area contributed by atoms with Crippen LogP contribution >= 0.6 is 0 Å². The first kappa shape index (κ1) is 14.0. The second-order valence-electron chi connectivity index (χ2n) is 4.60. The molecule has 2 aromatic rings. The Morgan fingerprint density at radius 2 is 2.00 bits per heavy atom. The lowest BCUT2D eigenvalue weighted by Gasteiger charge is -2.18. The highest BCUT2D eigenvalue weighted by Gasteiger charge is 2.10. The smallest absolute Gasteiger partial charge is 0.321 e. The quantitative estimate of drug-likeness (QED) is 0.933. The Kier molecular flexibility index (Phi) is 4.30. The lowest BCUT2D eigenvalue weighted by molar-refractivity contribution is 0.220. The minimum Gasteiger partial charge on any atom is -0.323 e. The van der Waals surface area contributed by atoms with Crippen LogP contribution in [0.1, 0.15) is 11.1 Å². The lowest BCUT2D eigenvalue weighted by atomic mass is 10.2. The summed E-state index contributed by atoms with van der Waals surface area (Å²) in [5.41, 5.74) is 2.29. The van der Waals surface area contributed by atoms with Crippen LogP contribution in [0.2, 0.25) is 0 Å². The molecule has 0 atom stereocenters. The summed E-state index contributed by atoms with van der Waals surface area (Å²) in [6.07, 6.45) is 3.37. The SMILES string of the molecule is Cc1cc(F)ccc1NC(=O)N(C)Cc1ccncc1. The van der Waals surface area contributed by atoms with E-state index in [-0.39, 0.29) is 11.8 Å². The molecule has 0 aliphatic rings. The number of nitrogens with zero attached hydrogens (tertiary/aromatic N) is 2. The van der Waals surface area contributed by atoms with E-state index in [1.54, 1.807) is 37.3 Å². The summed E-state index contributed by atoms with van der Waals surface area (Å²) in [5.74, 6) is -0.314. The average Bonchev–Trinajstić information content (AvgIpc) is 2.43. The van der Waals surface area contributed by atoms with Gasteiger partial charge in [0.25, 0.3) is 0 Å². The maximum atomic E-state index is 13.0. The van der Waals surface area contributed by atoms with Crippen molar-refractivity contribution in [1.82, 2.24) is 9.88 Å². The minimum atomic E-state index is -0.314. The molecule has 20 heavy (non-hydrogen) atoms. The lowest BCUT2D eigenvalue weighted by Crippen LogP contribution is -2.31. The Morgan fingerprint density at radius 1 is 1.30 bits per heavy atom. The van der Waals surface area contributed by atoms with Gasteiger partial charge >= 0.3 is 6.03 Å². The Morgan fingerprint density at radius 3 is 2.65 bits per heavy atom. The number of amides is 2. The van der Waals surface area contributed by atoms with Gasteiger partial charge in [0.2, 0.25) is 0 Å². The van der Waals surface area contributed by atoms with E-state index in [0.717, 1.165) is 5.56 Å². The van der Waals surface area contributed by atoms with Crippen LogP contribution in [0.5, 0.6) is 0 Å². The maximum Gasteiger partial charge on any atom is 0.321 e. The first-order valence-corrected chi connectivity index (χ1v) is 6.23. The van der Waals surface area contributed by atoms with Crippen LogP contribution in [0.25, 0.3) is 0 Å². The number of halogens is 1. The average molecular weight is 273 g/mol. The summed E-state index contributed by atoms with van der Waals surface area (Å²) in [5, 5.41) is 2.76. The molecule has 1 aromatic heterocycles. The van der Waals surface area contributed by atoms with Gasteiger partial charge in [-0.25, -0.2) is 9.18 Å². The van der Waals surface area contributed by atoms with Gasteiger partial charge in [-0.05, 0) is 48.4 Å². The highest BCUT2D eigenvalue weighted by molar-refractivity contribution is 5.89. The van der Waals surface area contributed by atoms with E-state index in [9.17, 15) is 9.18 Å². The van der Waals surface area contributed by atoms with Crippen molar-refractivity contribution in [2.24, 2.45) is 0 Å². The number of carbonyl (C=O) groups is 1. The number of pyridine rings is 1. The van der Waals surface area contributed by atoms with E-state index >= 15 is 0 Å². The van der Waals surface area contributed by atoms with Crippen molar-refractivity contribution >= 4 is 11.7 Å². The number of nitrogens with one attached hydrogen (secondary N) is 1. The topological polar surface area (TPSA) is 45.2 Å². The fraction of sp³-hybridized carbons (Fsp3) is 0.200. The fourth-order valence-electron chi connectivity index (χ4n) is 1.81. The van der Waals surface area contributed by atoms with Crippen LogP contribution in [-0.4, -0.2) is 23.0 Å². The number of aryl methyl sites for hydroxylation is 1. The summed E-state index contributed by atoms with van der Waals surface area (Å²) in [4.78, 5) is 17.5. The molecule has 0 spiro atoms. The van der Waals surface area contributed by atoms with Gasteiger partial charge in [0.1, 0.15) is 5.82 Å². The van der Waals surface area contributed by atoms with Gasteiger partial charge in [-0.3, -0.25) is 4.98 Å². The van der Waals surface area contributed by atoms with Crippen LogP contribution in [0, 0.1) is 12.7 Å². The maximum absolute atomic E-state index is 13.0. The summed E-state index contributed by atoms with van der Waals surface area (Å²) < 4.78 is 13.0. The number of rotatable bonds is 3. The standard InChI is InChI=1S/C15H16FN3O/c1-11-9-13(16)3-4-14(11)18-15(20)19(2)10-12-5-7-17-8-6-12/h3-9H,10H2,1-2H3,(H,18,20). The Bertz CT molecular complexity index is 601. The Balaban J connectivity index is 2.01. The van der Waals surface area contributed by atoms with Crippen molar-refractivity contribution in [3.63, 3.8) is 0 Å². The predicted octanol–water partition coefficient (Wildman–Crippen LogP) is 3.19. The van der Waals surface area contributed by atoms with E-state index in [2.05, 4.69) is 10.3 Å². The van der Waals surface area contributed by atoms with E-state index in [1.807, 2.05) is 12.1 Å². The van der Waals surface area contributed by atoms with Crippen LogP contribution in [0.3, 0.4) is 0 Å². The molecule has 0 saturated carbocycles. The van der Waals surface area contributed by atoms with Crippen molar-refractivity contribution in [2.75, 3.05) is 12.4 Å². The zero-order chi connectivity index (χ0) is 14.5. The van der Waals surface area contributed by atoms with Crippen LogP contribution in [0.4, 0.5) is 14.9 Å². The number of hydrogen-bond acceptors (Lipinski definition) is 2. The first-order valence-electron chi connectivity index (χ1n) is 6.23. The fourth-order valence-corrected chi connectivity index (χ4v) is 1.81. The molecular weight excluding hydrogens is 257 g/mol. The van der Waals surface area contributed by atoms with Crippen LogP contribution in [0.15, 0.2) is 42.7 Å². The van der Waals surface area contributed by atoms with Gasteiger partial charge in [-0.1, -0.05) is 0 Å². The zero-order valence-corrected chi connectivity index (χ0v) is 11.4. The normalized spacial score (nSPS) is 10.2. The molecule has 0 aliphatic carbocycles. The van der Waals surface area contributed by atoms with E-state index in [4.69, 9.17) is 0 Å². The van der Waals surface area contributed by atoms with Crippen molar-refractivity contribution in [1.29, 1.82) is 0 Å². The molecule has 0 unspecified atom stereocenters. The van der Waals surface area contributed by atoms with Crippen molar-refractivity contribution in [2.45, 2.75) is 13.5 Å². The third kappa shape index (κ3) is 3.54. The van der Waals surface area contributed by atoms with Gasteiger partial charge in [0.05, 0.1) is 0 Å². The number of urea groups is 1. The van der Waals surface area contributed by atoms with Crippen molar-refractivity contribution in [3.05, 3.63) is 59.7 Å². The summed E-state index contributed by atoms with van der Waals surface area (Å²) in [7, 11) is 1.70. The molecule has 104 valence electrons. The predicted molar refractivity (Wildman–Crippen MR) is 75.9 cm³/mol. The molecule has 0 radical (unpaired) electrons. The molecule has 0 aliphatic heterocycles. The summed E-state index contributed by atoms with van der Waals surface area (Å²) >= 11 is 0. The van der Waals surface area contributed by atoms with E-state index in [1.165, 1.54) is 12.1 Å². The van der Waals surface area contributed by atoms with Crippen LogP contribution < -0.4 is 5.32 Å². The third-order valence-electron chi connectivity index (χ3n) is 2.95. The number of carbonyl (C=O) groups excluding carboxylic acids is 1. The highest BCUT2D eigenvalue weighted by Crippen LogP contribution is 2.16. The molecule has 5 heteroatoms. The molecular formula is C15H16FN3O. The molecule has 4 nitrogen and oxygen atoms in total. The first-order chi connectivity index (χ1) is 9.56. The number of anilines is 1. The molecule has 0 bridgehead atoms. The van der Waals surface area contributed by atoms with Crippen molar-refractivity contribution in [3.8, 4) is 0 Å². The number of aromatic nitrogens is 1. The second-order valence-corrected chi connectivity index (χ2v) is 4.60. The molecule has 2 amide bonds. The molecule has 0 fully saturated rings. The molecule has 0 saturated heterocycles.